The molecule has 0 spiro atoms. The van der Waals surface area contributed by atoms with E-state index in [2.05, 4.69) is 27.3 Å². The van der Waals surface area contributed by atoms with Crippen molar-refractivity contribution in [2.45, 2.75) is 56.7 Å². The molecule has 0 aromatic carbocycles. The van der Waals surface area contributed by atoms with Crippen molar-refractivity contribution in [3.8, 4) is 0 Å². The van der Waals surface area contributed by atoms with Crippen LogP contribution >= 0.6 is 11.6 Å². The minimum atomic E-state index is -3.40. The van der Waals surface area contributed by atoms with Crippen LogP contribution in [0, 0.1) is 0 Å². The van der Waals surface area contributed by atoms with Crippen molar-refractivity contribution in [1.29, 1.82) is 0 Å². The topological polar surface area (TPSA) is 92.5 Å². The maximum atomic E-state index is 14.6. The number of hydrogen-bond acceptors (Lipinski definition) is 6. The number of anilines is 1. The minimum absolute atomic E-state index is 0.0227. The van der Waals surface area contributed by atoms with Crippen molar-refractivity contribution in [3.63, 3.8) is 0 Å². The number of halogens is 2. The van der Waals surface area contributed by atoms with Crippen LogP contribution < -0.4 is 5.32 Å². The number of rotatable bonds is 5. The molecule has 2 aromatic heterocycles. The van der Waals surface area contributed by atoms with E-state index in [9.17, 15) is 12.8 Å². The van der Waals surface area contributed by atoms with Crippen LogP contribution in [0.2, 0.25) is 5.15 Å². The molecule has 2 aliphatic rings. The van der Waals surface area contributed by atoms with Gasteiger partial charge in [-0.3, -0.25) is 0 Å². The van der Waals surface area contributed by atoms with Crippen molar-refractivity contribution in [1.82, 2.24) is 23.9 Å². The van der Waals surface area contributed by atoms with Gasteiger partial charge in [-0.25, -0.2) is 27.3 Å². The Kier molecular flexibility index (Phi) is 4.99. The zero-order chi connectivity index (χ0) is 20.1. The predicted molar refractivity (Wildman–Crippen MR) is 105 cm³/mol. The molecule has 2 atom stereocenters. The Morgan fingerprint density at radius 3 is 2.75 bits per heavy atom. The van der Waals surface area contributed by atoms with Gasteiger partial charge in [-0.1, -0.05) is 24.9 Å². The van der Waals surface area contributed by atoms with Crippen LogP contribution in [-0.4, -0.2) is 63.9 Å². The molecule has 0 amide bonds. The van der Waals surface area contributed by atoms with Gasteiger partial charge in [-0.15, -0.1) is 5.10 Å². The largest absolute Gasteiger partial charge is 0.347 e. The Hall–Kier alpha value is -1.52. The van der Waals surface area contributed by atoms with E-state index in [4.69, 9.17) is 11.6 Å². The van der Waals surface area contributed by atoms with E-state index in [0.717, 1.165) is 42.1 Å². The van der Waals surface area contributed by atoms with Crippen LogP contribution in [0.3, 0.4) is 0 Å². The fraction of sp³-hybridized carbons (Fsp3) is 0.706. The molecule has 4 rings (SSSR count). The number of aromatic nitrogens is 4. The van der Waals surface area contributed by atoms with Crippen LogP contribution in [0.4, 0.5) is 10.3 Å². The Morgan fingerprint density at radius 2 is 2.18 bits per heavy atom. The first kappa shape index (κ1) is 19.8. The van der Waals surface area contributed by atoms with Crippen molar-refractivity contribution < 1.29 is 12.8 Å². The lowest BCUT2D eigenvalue weighted by Gasteiger charge is -2.39. The summed E-state index contributed by atoms with van der Waals surface area (Å²) in [7, 11) is -3.40. The number of imidazole rings is 1. The van der Waals surface area contributed by atoms with Crippen LogP contribution in [-0.2, 0) is 15.4 Å². The number of hydrogen-bond donors (Lipinski definition) is 1. The van der Waals surface area contributed by atoms with Gasteiger partial charge in [-0.05, 0) is 25.7 Å². The molecule has 3 heterocycles. The Labute approximate surface area is 168 Å². The molecule has 154 valence electrons. The van der Waals surface area contributed by atoms with Crippen LogP contribution in [0.1, 0.15) is 44.9 Å². The van der Waals surface area contributed by atoms with E-state index in [1.54, 1.807) is 10.7 Å². The third-order valence-electron chi connectivity index (χ3n) is 6.10. The van der Waals surface area contributed by atoms with Crippen molar-refractivity contribution >= 4 is 33.1 Å². The third-order valence-corrected chi connectivity index (χ3v) is 7.65. The lowest BCUT2D eigenvalue weighted by Crippen LogP contribution is -2.49. The van der Waals surface area contributed by atoms with Gasteiger partial charge in [0.2, 0.25) is 16.0 Å². The molecule has 2 fully saturated rings. The molecular formula is C17H24ClFN6O2S. The van der Waals surface area contributed by atoms with Gasteiger partial charge in [0.1, 0.15) is 17.5 Å². The highest BCUT2D eigenvalue weighted by atomic mass is 35.5. The molecule has 0 unspecified atom stereocenters. The monoisotopic (exact) mass is 430 g/mol. The number of sulfonamides is 1. The molecule has 0 bridgehead atoms. The Morgan fingerprint density at radius 1 is 1.43 bits per heavy atom. The zero-order valence-electron chi connectivity index (χ0n) is 15.9. The molecule has 1 saturated heterocycles. The average molecular weight is 431 g/mol. The third kappa shape index (κ3) is 3.35. The van der Waals surface area contributed by atoms with Gasteiger partial charge < -0.3 is 5.32 Å². The van der Waals surface area contributed by atoms with Crippen molar-refractivity contribution in [3.05, 3.63) is 17.2 Å². The molecule has 1 N–H and O–H groups in total. The van der Waals surface area contributed by atoms with Crippen LogP contribution in [0.5, 0.6) is 0 Å². The average Bonchev–Trinajstić information content (AvgIpc) is 2.92. The summed E-state index contributed by atoms with van der Waals surface area (Å²) in [5.41, 5.74) is 0.608. The summed E-state index contributed by atoms with van der Waals surface area (Å²) < 4.78 is 40.7. The van der Waals surface area contributed by atoms with Gasteiger partial charge in [0.05, 0.1) is 18.5 Å². The van der Waals surface area contributed by atoms with Gasteiger partial charge >= 0.3 is 0 Å². The highest BCUT2D eigenvalue weighted by molar-refractivity contribution is 7.88. The lowest BCUT2D eigenvalue weighted by atomic mass is 9.66. The molecule has 8 nitrogen and oxygen atoms in total. The first-order valence-corrected chi connectivity index (χ1v) is 11.7. The normalized spacial score (nSPS) is 25.6. The zero-order valence-corrected chi connectivity index (χ0v) is 17.5. The van der Waals surface area contributed by atoms with E-state index in [1.807, 2.05) is 0 Å². The number of nitrogens with one attached hydrogen (secondary N) is 1. The second-order valence-electron chi connectivity index (χ2n) is 7.77. The fourth-order valence-corrected chi connectivity index (χ4v) is 5.17. The lowest BCUT2D eigenvalue weighted by molar-refractivity contribution is 0.186. The number of alkyl halides is 1. The summed E-state index contributed by atoms with van der Waals surface area (Å²) in [5, 5.41) is 7.93. The number of fused-ring (bicyclic) bond motifs is 1. The second-order valence-corrected chi connectivity index (χ2v) is 10.1. The van der Waals surface area contributed by atoms with Gasteiger partial charge in [-0.2, -0.15) is 4.31 Å². The van der Waals surface area contributed by atoms with Gasteiger partial charge in [0.15, 0.2) is 5.15 Å². The highest BCUT2D eigenvalue weighted by Gasteiger charge is 2.41. The highest BCUT2D eigenvalue weighted by Crippen LogP contribution is 2.46. The molecule has 28 heavy (non-hydrogen) atoms. The Bertz CT molecular complexity index is 987. The maximum Gasteiger partial charge on any atom is 0.241 e. The molecule has 0 radical (unpaired) electrons. The SMILES string of the molecule is CCC1(c2nc(Cl)c3cnc(N[C@@H]4CCN(S(C)(=O)=O)C[C@H]4F)nn23)CCC1. The van der Waals surface area contributed by atoms with E-state index in [1.165, 1.54) is 0 Å². The van der Waals surface area contributed by atoms with E-state index < -0.39 is 22.2 Å². The Balaban J connectivity index is 1.59. The summed E-state index contributed by atoms with van der Waals surface area (Å²) >= 11 is 6.29. The standard InChI is InChI=1S/C17H24ClFN6O2S/c1-3-17(6-4-7-17)15-22-14(18)13-9-20-16(23-25(13)15)21-12-5-8-24(10-11(12)19)28(2,26)27/h9,11-12H,3-8,10H2,1-2H3,(H,21,23)/t11-,12-/m1/s1. The molecule has 11 heteroatoms. The van der Waals surface area contributed by atoms with E-state index >= 15 is 0 Å². The van der Waals surface area contributed by atoms with E-state index in [0.29, 0.717) is 17.1 Å². The number of piperidine rings is 1. The smallest absolute Gasteiger partial charge is 0.241 e. The fourth-order valence-electron chi connectivity index (χ4n) is 4.11. The quantitative estimate of drug-likeness (QED) is 0.782. The summed E-state index contributed by atoms with van der Waals surface area (Å²) in [6.07, 6.45) is 5.87. The van der Waals surface area contributed by atoms with E-state index in [-0.39, 0.29) is 24.5 Å². The summed E-state index contributed by atoms with van der Waals surface area (Å²) in [5.74, 6) is 1.12. The first-order valence-electron chi connectivity index (χ1n) is 9.51. The minimum Gasteiger partial charge on any atom is -0.347 e. The maximum absolute atomic E-state index is 14.6. The number of nitrogens with zero attached hydrogens (tertiary/aromatic N) is 5. The molecule has 1 aliphatic carbocycles. The van der Waals surface area contributed by atoms with Crippen molar-refractivity contribution in [2.24, 2.45) is 0 Å². The molecule has 1 saturated carbocycles. The van der Waals surface area contributed by atoms with Gasteiger partial charge in [0, 0.05) is 18.5 Å². The van der Waals surface area contributed by atoms with Gasteiger partial charge in [0.25, 0.3) is 0 Å². The van der Waals surface area contributed by atoms with Crippen LogP contribution in [0.15, 0.2) is 6.20 Å². The van der Waals surface area contributed by atoms with Crippen LogP contribution in [0.25, 0.3) is 5.52 Å². The molecule has 1 aliphatic heterocycles. The summed E-state index contributed by atoms with van der Waals surface area (Å²) in [6, 6.07) is -0.554. The molecular weight excluding hydrogens is 407 g/mol. The summed E-state index contributed by atoms with van der Waals surface area (Å²) in [4.78, 5) is 8.81. The molecule has 2 aromatic rings. The van der Waals surface area contributed by atoms with Crippen molar-refractivity contribution in [2.75, 3.05) is 24.7 Å². The second kappa shape index (κ2) is 7.07. The predicted octanol–water partition coefficient (Wildman–Crippen LogP) is 2.39. The summed E-state index contributed by atoms with van der Waals surface area (Å²) in [6.45, 7) is 2.23. The first-order chi connectivity index (χ1) is 13.2.